The summed E-state index contributed by atoms with van der Waals surface area (Å²) >= 11 is 0. The van der Waals surface area contributed by atoms with Gasteiger partial charge in [0, 0.05) is 44.2 Å². The maximum absolute atomic E-state index is 10.9. The minimum absolute atomic E-state index is 0.156. The van der Waals surface area contributed by atoms with Gasteiger partial charge in [0.2, 0.25) is 11.8 Å². The lowest BCUT2D eigenvalue weighted by molar-refractivity contribution is -0.106. The van der Waals surface area contributed by atoms with E-state index in [4.69, 9.17) is 19.0 Å². The molecule has 0 bridgehead atoms. The summed E-state index contributed by atoms with van der Waals surface area (Å²) in [4.78, 5) is 24.9. The van der Waals surface area contributed by atoms with Gasteiger partial charge in [0.05, 0.1) is 62.9 Å². The predicted molar refractivity (Wildman–Crippen MR) is 138 cm³/mol. The number of aldehydes is 1. The molecule has 0 aromatic carbocycles. The highest BCUT2D eigenvalue weighted by Crippen LogP contribution is 2.32. The molecule has 11 heteroatoms. The molecule has 0 atom stereocenters. The molecule has 2 aliphatic rings. The average Bonchev–Trinajstić information content (AvgIpc) is 3.44. The lowest BCUT2D eigenvalue weighted by atomic mass is 10.1. The summed E-state index contributed by atoms with van der Waals surface area (Å²) in [5, 5.41) is 7.99. The second-order valence-corrected chi connectivity index (χ2v) is 9.63. The summed E-state index contributed by atoms with van der Waals surface area (Å²) in [6.07, 6.45) is 5.76. The number of hydrogen-bond donors (Lipinski definition) is 1. The van der Waals surface area contributed by atoms with Gasteiger partial charge >= 0.3 is 0 Å². The number of fused-ring (bicyclic) bond motifs is 1. The smallest absolute Gasteiger partial charge is 0.247 e. The van der Waals surface area contributed by atoms with Crippen LogP contribution in [0.15, 0.2) is 22.9 Å². The summed E-state index contributed by atoms with van der Waals surface area (Å²) in [6, 6.07) is 2.46. The number of nitrogens with zero attached hydrogens (tertiary/aromatic N) is 6. The van der Waals surface area contributed by atoms with Crippen LogP contribution in [0, 0.1) is 0 Å². The van der Waals surface area contributed by atoms with Crippen molar-refractivity contribution in [2.24, 2.45) is 0 Å². The molecule has 0 radical (unpaired) electrons. The van der Waals surface area contributed by atoms with E-state index in [2.05, 4.69) is 38.9 Å². The van der Waals surface area contributed by atoms with Gasteiger partial charge in [0.1, 0.15) is 12.0 Å². The highest BCUT2D eigenvalue weighted by molar-refractivity contribution is 5.65. The van der Waals surface area contributed by atoms with Gasteiger partial charge in [-0.15, -0.1) is 0 Å². The molecule has 0 unspecified atom stereocenters. The number of aromatic nitrogens is 4. The Morgan fingerprint density at radius 3 is 2.70 bits per heavy atom. The van der Waals surface area contributed by atoms with E-state index < -0.39 is 0 Å². The Balaban J connectivity index is 1.42. The van der Waals surface area contributed by atoms with Crippen molar-refractivity contribution in [1.82, 2.24) is 29.5 Å². The Kier molecular flexibility index (Phi) is 7.82. The largest absolute Gasteiger partial charge is 0.480 e. The van der Waals surface area contributed by atoms with Crippen LogP contribution in [-0.4, -0.2) is 94.9 Å². The number of oxazole rings is 1. The highest BCUT2D eigenvalue weighted by Gasteiger charge is 2.26. The van der Waals surface area contributed by atoms with Gasteiger partial charge in [-0.1, -0.05) is 0 Å². The number of carbonyl (C=O) groups excluding carboxylic acids is 1. The summed E-state index contributed by atoms with van der Waals surface area (Å²) in [7, 11) is 1.55. The van der Waals surface area contributed by atoms with Crippen LogP contribution in [0.3, 0.4) is 0 Å². The molecule has 0 saturated carbocycles. The Hall–Kier alpha value is -3.28. The summed E-state index contributed by atoms with van der Waals surface area (Å²) in [6.45, 7) is 10.8. The van der Waals surface area contributed by atoms with E-state index in [1.54, 1.807) is 13.3 Å². The highest BCUT2D eigenvalue weighted by atomic mass is 16.5. The topological polar surface area (TPSA) is 111 Å². The first-order valence-electron chi connectivity index (χ1n) is 12.9. The fourth-order valence-corrected chi connectivity index (χ4v) is 4.98. The van der Waals surface area contributed by atoms with Gasteiger partial charge < -0.3 is 24.0 Å². The number of methoxy groups -OCH3 is 1. The molecule has 0 aliphatic carbocycles. The van der Waals surface area contributed by atoms with Crippen LogP contribution in [-0.2, 0) is 28.9 Å². The van der Waals surface area contributed by atoms with Crippen LogP contribution in [0.5, 0.6) is 5.88 Å². The van der Waals surface area contributed by atoms with Gasteiger partial charge in [-0.05, 0) is 26.3 Å². The van der Waals surface area contributed by atoms with Gasteiger partial charge in [0.25, 0.3) is 0 Å². The van der Waals surface area contributed by atoms with E-state index in [1.807, 2.05) is 16.9 Å². The zero-order chi connectivity index (χ0) is 25.8. The minimum atomic E-state index is 0.156. The SMILES string of the molecule is COc1ncc(-n2nc(-c3ncc(CN4CCN(C(C)C)CC4)o3)c3c2CCOCC3)cc1NCC=O. The van der Waals surface area contributed by atoms with E-state index in [0.29, 0.717) is 43.1 Å². The zero-order valence-electron chi connectivity index (χ0n) is 21.8. The first-order valence-corrected chi connectivity index (χ1v) is 12.9. The molecule has 1 fully saturated rings. The molecule has 0 amide bonds. The van der Waals surface area contributed by atoms with Crippen molar-refractivity contribution in [2.45, 2.75) is 39.3 Å². The lowest BCUT2D eigenvalue weighted by Crippen LogP contribution is -2.48. The van der Waals surface area contributed by atoms with Gasteiger partial charge in [-0.3, -0.25) is 9.80 Å². The molecule has 3 aromatic heterocycles. The first-order chi connectivity index (χ1) is 18.1. The van der Waals surface area contributed by atoms with Crippen LogP contribution in [0.1, 0.15) is 30.9 Å². The Morgan fingerprint density at radius 1 is 1.14 bits per heavy atom. The molecule has 3 aromatic rings. The summed E-state index contributed by atoms with van der Waals surface area (Å²) < 4.78 is 19.3. The van der Waals surface area contributed by atoms with E-state index >= 15 is 0 Å². The number of carbonyl (C=O) groups is 1. The number of hydrogen-bond acceptors (Lipinski definition) is 10. The lowest BCUT2D eigenvalue weighted by Gasteiger charge is -2.36. The van der Waals surface area contributed by atoms with E-state index in [0.717, 1.165) is 73.8 Å². The third-order valence-electron chi connectivity index (χ3n) is 6.99. The number of ether oxygens (including phenoxy) is 2. The van der Waals surface area contributed by atoms with Gasteiger partial charge in [0.15, 0.2) is 5.69 Å². The van der Waals surface area contributed by atoms with Crippen LogP contribution < -0.4 is 10.1 Å². The molecular formula is C26H35N7O4. The summed E-state index contributed by atoms with van der Waals surface area (Å²) in [5.74, 6) is 1.78. The van der Waals surface area contributed by atoms with E-state index in [9.17, 15) is 4.79 Å². The molecule has 0 spiro atoms. The number of rotatable bonds is 9. The van der Waals surface area contributed by atoms with Crippen LogP contribution in [0.4, 0.5) is 5.69 Å². The minimum Gasteiger partial charge on any atom is -0.480 e. The molecule has 2 aliphatic heterocycles. The maximum atomic E-state index is 10.9. The molecule has 1 saturated heterocycles. The molecule has 1 N–H and O–H groups in total. The molecule has 5 heterocycles. The quantitative estimate of drug-likeness (QED) is 0.431. The second-order valence-electron chi connectivity index (χ2n) is 9.63. The molecular weight excluding hydrogens is 474 g/mol. The normalized spacial score (nSPS) is 17.0. The van der Waals surface area contributed by atoms with Crippen molar-refractivity contribution in [3.8, 4) is 23.2 Å². The molecule has 198 valence electrons. The van der Waals surface area contributed by atoms with Crippen molar-refractivity contribution in [1.29, 1.82) is 0 Å². The maximum Gasteiger partial charge on any atom is 0.247 e. The zero-order valence-corrected chi connectivity index (χ0v) is 21.8. The molecule has 11 nitrogen and oxygen atoms in total. The fourth-order valence-electron chi connectivity index (χ4n) is 4.98. The molecule has 37 heavy (non-hydrogen) atoms. The van der Waals surface area contributed by atoms with Crippen molar-refractivity contribution in [3.05, 3.63) is 35.5 Å². The Morgan fingerprint density at radius 2 is 1.95 bits per heavy atom. The van der Waals surface area contributed by atoms with Crippen molar-refractivity contribution in [3.63, 3.8) is 0 Å². The predicted octanol–water partition coefficient (Wildman–Crippen LogP) is 2.18. The third kappa shape index (κ3) is 5.53. The van der Waals surface area contributed by atoms with Crippen LogP contribution >= 0.6 is 0 Å². The number of pyridine rings is 1. The average molecular weight is 510 g/mol. The number of anilines is 1. The van der Waals surface area contributed by atoms with Gasteiger partial charge in [-0.25, -0.2) is 14.6 Å². The van der Waals surface area contributed by atoms with Gasteiger partial charge in [-0.2, -0.15) is 5.10 Å². The van der Waals surface area contributed by atoms with Crippen LogP contribution in [0.2, 0.25) is 0 Å². The number of piperazine rings is 1. The summed E-state index contributed by atoms with van der Waals surface area (Å²) in [5.41, 5.74) is 4.24. The second kappa shape index (κ2) is 11.4. The monoisotopic (exact) mass is 509 g/mol. The Labute approximate surface area is 216 Å². The van der Waals surface area contributed by atoms with E-state index in [1.165, 1.54) is 0 Å². The van der Waals surface area contributed by atoms with Crippen molar-refractivity contribution >= 4 is 12.0 Å². The Bertz CT molecular complexity index is 1210. The standard InChI is InChI=1S/C26H35N7O4/c1-18(2)32-9-7-31(8-10-32)17-20-16-29-26(37-20)24-21-4-12-36-13-5-23(21)33(30-24)19-14-22(27-6-11-34)25(35-3)28-15-19/h11,14-16,18,27H,4-10,12-13,17H2,1-3H3. The number of nitrogens with one attached hydrogen (secondary N) is 1. The van der Waals surface area contributed by atoms with E-state index in [-0.39, 0.29) is 6.54 Å². The first kappa shape index (κ1) is 25.4. The van der Waals surface area contributed by atoms with Crippen molar-refractivity contribution < 1.29 is 18.7 Å². The molecule has 5 rings (SSSR count). The van der Waals surface area contributed by atoms with Crippen LogP contribution in [0.25, 0.3) is 17.3 Å². The fraction of sp³-hybridized carbons (Fsp3) is 0.538. The third-order valence-corrected chi connectivity index (χ3v) is 6.99. The van der Waals surface area contributed by atoms with Crippen molar-refractivity contribution in [2.75, 3.05) is 58.4 Å².